The van der Waals surface area contributed by atoms with E-state index in [1.165, 1.54) is 0 Å². The number of methoxy groups -OCH3 is 2. The third-order valence-electron chi connectivity index (χ3n) is 5.96. The smallest absolute Gasteiger partial charge is 0.205 e. The Morgan fingerprint density at radius 3 is 2.25 bits per heavy atom. The van der Waals surface area contributed by atoms with Gasteiger partial charge in [-0.1, -0.05) is 31.2 Å². The highest BCUT2D eigenvalue weighted by molar-refractivity contribution is 5.63. The number of benzene rings is 2. The first kappa shape index (κ1) is 21.5. The topological polar surface area (TPSA) is 80.7 Å². The molecule has 6 nitrogen and oxygen atoms in total. The molecule has 32 heavy (non-hydrogen) atoms. The Balaban J connectivity index is 1.82. The van der Waals surface area contributed by atoms with Crippen LogP contribution in [0.5, 0.6) is 11.5 Å². The summed E-state index contributed by atoms with van der Waals surface area (Å²) in [5.74, 6) is 2.25. The average Bonchev–Trinajstić information content (AvgIpc) is 2.84. The molecular weight excluding hydrogens is 402 g/mol. The molecular formula is C26H27N3O3. The van der Waals surface area contributed by atoms with Crippen molar-refractivity contribution < 1.29 is 14.2 Å². The molecule has 0 amide bonds. The van der Waals surface area contributed by atoms with Crippen molar-refractivity contribution >= 4 is 6.08 Å². The highest BCUT2D eigenvalue weighted by atomic mass is 16.5. The van der Waals surface area contributed by atoms with Crippen molar-refractivity contribution in [2.24, 2.45) is 5.73 Å². The molecule has 164 valence electrons. The Kier molecular flexibility index (Phi) is 6.20. The van der Waals surface area contributed by atoms with Crippen molar-refractivity contribution in [2.75, 3.05) is 33.9 Å². The lowest BCUT2D eigenvalue weighted by Gasteiger charge is -2.38. The van der Waals surface area contributed by atoms with Crippen LogP contribution in [-0.4, -0.2) is 38.8 Å². The van der Waals surface area contributed by atoms with Crippen molar-refractivity contribution in [3.8, 4) is 17.6 Å². The second kappa shape index (κ2) is 9.21. The molecule has 1 atom stereocenters. The van der Waals surface area contributed by atoms with Gasteiger partial charge in [0.05, 0.1) is 20.1 Å². The number of rotatable bonds is 5. The Morgan fingerprint density at radius 1 is 1.06 bits per heavy atom. The van der Waals surface area contributed by atoms with E-state index >= 15 is 0 Å². The largest absolute Gasteiger partial charge is 0.497 e. The molecule has 6 heteroatoms. The number of allylic oxidation sites excluding steroid dienone is 1. The average molecular weight is 430 g/mol. The Labute approximate surface area is 188 Å². The van der Waals surface area contributed by atoms with Crippen molar-refractivity contribution in [2.45, 2.75) is 12.8 Å². The van der Waals surface area contributed by atoms with E-state index in [1.54, 1.807) is 14.2 Å². The van der Waals surface area contributed by atoms with E-state index in [4.69, 9.17) is 19.9 Å². The minimum atomic E-state index is -0.261. The third-order valence-corrected chi connectivity index (χ3v) is 5.96. The van der Waals surface area contributed by atoms with Gasteiger partial charge in [0, 0.05) is 18.7 Å². The zero-order valence-electron chi connectivity index (χ0n) is 18.6. The van der Waals surface area contributed by atoms with Crippen LogP contribution >= 0.6 is 0 Å². The highest BCUT2D eigenvalue weighted by Crippen LogP contribution is 2.44. The Bertz CT molecular complexity index is 1120. The summed E-state index contributed by atoms with van der Waals surface area (Å²) in [6, 6.07) is 18.0. The second-order valence-electron chi connectivity index (χ2n) is 7.80. The van der Waals surface area contributed by atoms with Crippen LogP contribution in [0, 0.1) is 11.3 Å². The predicted molar refractivity (Wildman–Crippen MR) is 124 cm³/mol. The summed E-state index contributed by atoms with van der Waals surface area (Å²) in [5, 5.41) is 9.90. The van der Waals surface area contributed by atoms with Gasteiger partial charge in [-0.15, -0.1) is 0 Å². The number of likely N-dealkylation sites (N-methyl/N-ethyl adjacent to an activating group) is 1. The highest BCUT2D eigenvalue weighted by Gasteiger charge is 2.37. The molecule has 2 N–H and O–H groups in total. The number of hydrogen-bond acceptors (Lipinski definition) is 6. The van der Waals surface area contributed by atoms with Crippen molar-refractivity contribution in [1.29, 1.82) is 5.26 Å². The molecule has 0 unspecified atom stereocenters. The van der Waals surface area contributed by atoms with Crippen LogP contribution in [0.4, 0.5) is 0 Å². The molecule has 0 spiro atoms. The maximum absolute atomic E-state index is 9.90. The van der Waals surface area contributed by atoms with Crippen LogP contribution in [0.15, 0.2) is 76.9 Å². The van der Waals surface area contributed by atoms with E-state index in [0.717, 1.165) is 52.6 Å². The SMILES string of the molecule is CCN1CC2=C(OC(N)=C(C#N)[C@H]2c2ccc(OC)cc2)/C(=C\c2ccc(OC)cc2)C1. The fourth-order valence-electron chi connectivity index (χ4n) is 4.24. The molecule has 0 saturated carbocycles. The van der Waals surface area contributed by atoms with Gasteiger partial charge in [-0.25, -0.2) is 0 Å². The zero-order valence-corrected chi connectivity index (χ0v) is 18.6. The summed E-state index contributed by atoms with van der Waals surface area (Å²) in [7, 11) is 3.29. The monoisotopic (exact) mass is 429 g/mol. The zero-order chi connectivity index (χ0) is 22.7. The van der Waals surface area contributed by atoms with Crippen LogP contribution in [0.3, 0.4) is 0 Å². The molecule has 0 saturated heterocycles. The normalized spacial score (nSPS) is 19.9. The van der Waals surface area contributed by atoms with E-state index < -0.39 is 0 Å². The molecule has 0 radical (unpaired) electrons. The summed E-state index contributed by atoms with van der Waals surface area (Å²) in [6.45, 7) is 4.47. The van der Waals surface area contributed by atoms with E-state index in [-0.39, 0.29) is 11.8 Å². The lowest BCUT2D eigenvalue weighted by atomic mass is 9.80. The molecule has 0 aliphatic carbocycles. The maximum Gasteiger partial charge on any atom is 0.205 e. The summed E-state index contributed by atoms with van der Waals surface area (Å²) in [6.07, 6.45) is 2.12. The molecule has 2 aromatic carbocycles. The van der Waals surface area contributed by atoms with E-state index in [0.29, 0.717) is 12.1 Å². The molecule has 0 bridgehead atoms. The Hall–Kier alpha value is -3.69. The quantitative estimate of drug-likeness (QED) is 0.768. The number of hydrogen-bond donors (Lipinski definition) is 1. The molecule has 2 aliphatic rings. The molecule has 2 heterocycles. The van der Waals surface area contributed by atoms with E-state index in [2.05, 4.69) is 24.0 Å². The first-order valence-corrected chi connectivity index (χ1v) is 10.6. The van der Waals surface area contributed by atoms with Crippen LogP contribution < -0.4 is 15.2 Å². The fourth-order valence-corrected chi connectivity index (χ4v) is 4.24. The molecule has 0 fully saturated rings. The van der Waals surface area contributed by atoms with Gasteiger partial charge in [-0.05, 0) is 53.6 Å². The molecule has 2 aliphatic heterocycles. The number of ether oxygens (including phenoxy) is 3. The van der Waals surface area contributed by atoms with Gasteiger partial charge < -0.3 is 19.9 Å². The van der Waals surface area contributed by atoms with Crippen LogP contribution in [-0.2, 0) is 4.74 Å². The number of nitrogens with two attached hydrogens (primary N) is 1. The Morgan fingerprint density at radius 2 is 1.69 bits per heavy atom. The predicted octanol–water partition coefficient (Wildman–Crippen LogP) is 4.18. The lowest BCUT2D eigenvalue weighted by molar-refractivity contribution is 0.239. The van der Waals surface area contributed by atoms with Gasteiger partial charge in [0.25, 0.3) is 0 Å². The minimum absolute atomic E-state index is 0.164. The van der Waals surface area contributed by atoms with Crippen molar-refractivity contribution in [1.82, 2.24) is 4.90 Å². The molecule has 0 aromatic heterocycles. The molecule has 2 aromatic rings. The third kappa shape index (κ3) is 4.08. The molecule has 4 rings (SSSR count). The minimum Gasteiger partial charge on any atom is -0.497 e. The summed E-state index contributed by atoms with van der Waals surface area (Å²) in [5.41, 5.74) is 10.8. The first-order valence-electron chi connectivity index (χ1n) is 10.6. The van der Waals surface area contributed by atoms with Gasteiger partial charge in [-0.3, -0.25) is 4.90 Å². The summed E-state index contributed by atoms with van der Waals surface area (Å²) in [4.78, 5) is 2.34. The summed E-state index contributed by atoms with van der Waals surface area (Å²) < 4.78 is 16.7. The van der Waals surface area contributed by atoms with Crippen LogP contribution in [0.25, 0.3) is 6.08 Å². The van der Waals surface area contributed by atoms with Crippen molar-refractivity contribution in [3.63, 3.8) is 0 Å². The number of nitrogens with zero attached hydrogens (tertiary/aromatic N) is 2. The van der Waals surface area contributed by atoms with E-state index in [9.17, 15) is 5.26 Å². The van der Waals surface area contributed by atoms with Crippen LogP contribution in [0.1, 0.15) is 24.0 Å². The maximum atomic E-state index is 9.90. The van der Waals surface area contributed by atoms with Gasteiger partial charge in [0.1, 0.15) is 28.9 Å². The van der Waals surface area contributed by atoms with Gasteiger partial charge >= 0.3 is 0 Å². The van der Waals surface area contributed by atoms with Crippen LogP contribution in [0.2, 0.25) is 0 Å². The fraction of sp³-hybridized carbons (Fsp3) is 0.269. The van der Waals surface area contributed by atoms with Gasteiger partial charge in [0.2, 0.25) is 5.88 Å². The van der Waals surface area contributed by atoms with Gasteiger partial charge in [0.15, 0.2) is 0 Å². The van der Waals surface area contributed by atoms with Gasteiger partial charge in [-0.2, -0.15) is 5.26 Å². The standard InChI is InChI=1S/C26H27N3O3/c1-4-29-15-19(13-17-5-9-20(30-2)10-6-17)25-23(16-29)24(22(14-27)26(28)32-25)18-7-11-21(31-3)12-8-18/h5-13,24H,4,15-16,28H2,1-3H3/b19-13-/t24-/m1/s1. The van der Waals surface area contributed by atoms with E-state index in [1.807, 2.05) is 48.5 Å². The summed E-state index contributed by atoms with van der Waals surface area (Å²) >= 11 is 0. The number of nitriles is 1. The second-order valence-corrected chi connectivity index (χ2v) is 7.80. The first-order chi connectivity index (χ1) is 15.6. The van der Waals surface area contributed by atoms with Crippen molar-refractivity contribution in [3.05, 3.63) is 88.0 Å². The lowest BCUT2D eigenvalue weighted by Crippen LogP contribution is -2.38.